The van der Waals surface area contributed by atoms with Gasteiger partial charge in [-0.3, -0.25) is 10.1 Å². The lowest BCUT2D eigenvalue weighted by molar-refractivity contribution is -0.384. The molecule has 2 rings (SSSR count). The Balaban J connectivity index is 1.89. The minimum atomic E-state index is -3.86. The van der Waals surface area contributed by atoms with Crippen molar-refractivity contribution in [1.82, 2.24) is 9.62 Å². The molecule has 0 aliphatic carbocycles. The molecule has 0 bridgehead atoms. The molecular weight excluding hydrogens is 386 g/mol. The molecule has 9 nitrogen and oxygen atoms in total. The van der Waals surface area contributed by atoms with Crippen molar-refractivity contribution in [3.8, 4) is 0 Å². The summed E-state index contributed by atoms with van der Waals surface area (Å²) in [6.07, 6.45) is -0.578. The smallest absolute Gasteiger partial charge is 0.410 e. The number of sulfonamides is 1. The Morgan fingerprint density at radius 1 is 1.18 bits per heavy atom. The van der Waals surface area contributed by atoms with Gasteiger partial charge in [0, 0.05) is 31.8 Å². The Morgan fingerprint density at radius 2 is 1.79 bits per heavy atom. The number of carbonyl (C=O) groups excluding carboxylic acids is 1. The molecule has 28 heavy (non-hydrogen) atoms. The fraction of sp³-hybridized carbons (Fsp3) is 0.278. The van der Waals surface area contributed by atoms with E-state index in [2.05, 4.69) is 4.72 Å². The molecule has 1 atom stereocenters. The van der Waals surface area contributed by atoms with E-state index in [4.69, 9.17) is 4.74 Å². The van der Waals surface area contributed by atoms with Gasteiger partial charge in [-0.15, -0.1) is 0 Å². The predicted octanol–water partition coefficient (Wildman–Crippen LogP) is 2.53. The number of benzene rings is 2. The number of likely N-dealkylation sites (N-methyl/N-ethyl adjacent to an activating group) is 1. The van der Waals surface area contributed by atoms with E-state index in [-0.39, 0.29) is 23.7 Å². The summed E-state index contributed by atoms with van der Waals surface area (Å²) in [5.74, 6) is 0. The fourth-order valence-corrected chi connectivity index (χ4v) is 3.32. The third-order valence-corrected chi connectivity index (χ3v) is 5.52. The number of hydrogen-bond acceptors (Lipinski definition) is 6. The molecule has 0 saturated carbocycles. The molecule has 0 saturated heterocycles. The molecule has 1 amide bonds. The normalized spacial score (nSPS) is 12.2. The number of rotatable bonds is 8. The molecule has 0 aliphatic rings. The third-order valence-electron chi connectivity index (χ3n) is 4.08. The number of amides is 1. The van der Waals surface area contributed by atoms with E-state index in [0.717, 1.165) is 29.8 Å². The second-order valence-corrected chi connectivity index (χ2v) is 7.87. The maximum absolute atomic E-state index is 12.3. The maximum Gasteiger partial charge on any atom is 0.410 e. The van der Waals surface area contributed by atoms with E-state index in [1.165, 1.54) is 11.9 Å². The average molecular weight is 407 g/mol. The van der Waals surface area contributed by atoms with Gasteiger partial charge in [-0.2, -0.15) is 0 Å². The largest absolute Gasteiger partial charge is 0.445 e. The van der Waals surface area contributed by atoms with Gasteiger partial charge in [0.25, 0.3) is 5.69 Å². The zero-order valence-electron chi connectivity index (χ0n) is 15.4. The van der Waals surface area contributed by atoms with Crippen LogP contribution in [0.5, 0.6) is 0 Å². The van der Waals surface area contributed by atoms with E-state index in [0.29, 0.717) is 0 Å². The summed E-state index contributed by atoms with van der Waals surface area (Å²) in [5.41, 5.74) is 0.643. The molecule has 0 heterocycles. The Hall–Kier alpha value is -2.98. The van der Waals surface area contributed by atoms with Crippen LogP contribution in [-0.4, -0.2) is 44.0 Å². The van der Waals surface area contributed by atoms with Gasteiger partial charge in [-0.1, -0.05) is 30.3 Å². The minimum absolute atomic E-state index is 0.0454. The van der Waals surface area contributed by atoms with E-state index in [9.17, 15) is 23.3 Å². The van der Waals surface area contributed by atoms with Gasteiger partial charge in [0.2, 0.25) is 10.0 Å². The maximum atomic E-state index is 12.3. The van der Waals surface area contributed by atoms with Crippen LogP contribution < -0.4 is 4.72 Å². The summed E-state index contributed by atoms with van der Waals surface area (Å²) in [6, 6.07) is 13.3. The number of hydrogen-bond donors (Lipinski definition) is 1. The topological polar surface area (TPSA) is 119 Å². The quantitative estimate of drug-likeness (QED) is 0.530. The summed E-state index contributed by atoms with van der Waals surface area (Å²) >= 11 is 0. The molecule has 2 aromatic rings. The van der Waals surface area contributed by atoms with Gasteiger partial charge in [0.1, 0.15) is 6.61 Å². The van der Waals surface area contributed by atoms with Crippen molar-refractivity contribution < 1.29 is 22.9 Å². The van der Waals surface area contributed by atoms with E-state index < -0.39 is 27.1 Å². The van der Waals surface area contributed by atoms with Gasteiger partial charge < -0.3 is 9.64 Å². The second-order valence-electron chi connectivity index (χ2n) is 6.10. The molecule has 10 heteroatoms. The van der Waals surface area contributed by atoms with Crippen LogP contribution in [0, 0.1) is 10.1 Å². The van der Waals surface area contributed by atoms with Crippen LogP contribution in [0.3, 0.4) is 0 Å². The van der Waals surface area contributed by atoms with Crippen LogP contribution in [0.1, 0.15) is 12.5 Å². The van der Waals surface area contributed by atoms with Gasteiger partial charge >= 0.3 is 6.09 Å². The second kappa shape index (κ2) is 9.29. The number of ether oxygens (including phenoxy) is 1. The summed E-state index contributed by atoms with van der Waals surface area (Å²) in [7, 11) is -2.35. The summed E-state index contributed by atoms with van der Waals surface area (Å²) in [4.78, 5) is 23.4. The van der Waals surface area contributed by atoms with Crippen molar-refractivity contribution in [1.29, 1.82) is 0 Å². The van der Waals surface area contributed by atoms with Gasteiger partial charge in [0.15, 0.2) is 0 Å². The fourth-order valence-electron chi connectivity index (χ4n) is 2.20. The molecule has 0 fully saturated rings. The number of carbonyl (C=O) groups is 1. The zero-order valence-corrected chi connectivity index (χ0v) is 16.3. The van der Waals surface area contributed by atoms with E-state index in [1.54, 1.807) is 6.92 Å². The first kappa shape index (κ1) is 21.3. The van der Waals surface area contributed by atoms with Crippen molar-refractivity contribution in [2.24, 2.45) is 0 Å². The molecular formula is C18H21N3O6S. The lowest BCUT2D eigenvalue weighted by atomic mass is 10.2. The average Bonchev–Trinajstić information content (AvgIpc) is 2.70. The number of non-ortho nitro benzene ring substituents is 1. The number of nitro benzene ring substituents is 1. The highest BCUT2D eigenvalue weighted by Crippen LogP contribution is 2.15. The van der Waals surface area contributed by atoms with Crippen molar-refractivity contribution >= 4 is 21.8 Å². The lowest BCUT2D eigenvalue weighted by Gasteiger charge is -2.24. The Labute approximate surface area is 163 Å². The molecule has 0 unspecified atom stereocenters. The minimum Gasteiger partial charge on any atom is -0.445 e. The van der Waals surface area contributed by atoms with Crippen molar-refractivity contribution in [3.63, 3.8) is 0 Å². The van der Waals surface area contributed by atoms with Crippen LogP contribution >= 0.6 is 0 Å². The first-order valence-corrected chi connectivity index (χ1v) is 9.86. The first-order chi connectivity index (χ1) is 13.2. The number of nitro groups is 1. The Bertz CT molecular complexity index is 916. The van der Waals surface area contributed by atoms with Crippen molar-refractivity contribution in [3.05, 3.63) is 70.3 Å². The molecule has 2 aromatic carbocycles. The van der Waals surface area contributed by atoms with Crippen molar-refractivity contribution in [2.45, 2.75) is 24.5 Å². The van der Waals surface area contributed by atoms with Gasteiger partial charge in [-0.05, 0) is 24.6 Å². The highest BCUT2D eigenvalue weighted by molar-refractivity contribution is 7.89. The standard InChI is InChI=1S/C18H21N3O6S/c1-14(20(2)18(22)27-13-15-6-4-3-5-7-15)12-19-28(25,26)17-10-8-16(9-11-17)21(23)24/h3-11,14,19H,12-13H2,1-2H3/t14-/m0/s1. The SMILES string of the molecule is C[C@@H](CNS(=O)(=O)c1ccc([N+](=O)[O-])cc1)N(C)C(=O)OCc1ccccc1. The van der Waals surface area contributed by atoms with Crippen molar-refractivity contribution in [2.75, 3.05) is 13.6 Å². The molecule has 1 N–H and O–H groups in total. The Kier molecular flexibility index (Phi) is 7.07. The highest BCUT2D eigenvalue weighted by Gasteiger charge is 2.21. The van der Waals surface area contributed by atoms with Crippen LogP contribution in [-0.2, 0) is 21.4 Å². The summed E-state index contributed by atoms with van der Waals surface area (Å²) in [5, 5.41) is 10.7. The predicted molar refractivity (Wildman–Crippen MR) is 102 cm³/mol. The van der Waals surface area contributed by atoms with E-state index >= 15 is 0 Å². The van der Waals surface area contributed by atoms with Crippen LogP contribution in [0.25, 0.3) is 0 Å². The summed E-state index contributed by atoms with van der Waals surface area (Å²) in [6.45, 7) is 1.74. The molecule has 0 aromatic heterocycles. The summed E-state index contributed by atoms with van der Waals surface area (Å²) < 4.78 is 32.2. The van der Waals surface area contributed by atoms with E-state index in [1.807, 2.05) is 30.3 Å². The third kappa shape index (κ3) is 5.76. The molecule has 0 radical (unpaired) electrons. The highest BCUT2D eigenvalue weighted by atomic mass is 32.2. The molecule has 150 valence electrons. The zero-order chi connectivity index (χ0) is 20.7. The van der Waals surface area contributed by atoms with Gasteiger partial charge in [-0.25, -0.2) is 17.9 Å². The molecule has 0 spiro atoms. The number of nitrogens with zero attached hydrogens (tertiary/aromatic N) is 2. The Morgan fingerprint density at radius 3 is 2.36 bits per heavy atom. The number of nitrogens with one attached hydrogen (secondary N) is 1. The first-order valence-electron chi connectivity index (χ1n) is 8.38. The van der Waals surface area contributed by atoms with Crippen LogP contribution in [0.2, 0.25) is 0 Å². The lowest BCUT2D eigenvalue weighted by Crippen LogP contribution is -2.43. The monoisotopic (exact) mass is 407 g/mol. The van der Waals surface area contributed by atoms with Gasteiger partial charge in [0.05, 0.1) is 9.82 Å². The van der Waals surface area contributed by atoms with Crippen LogP contribution in [0.4, 0.5) is 10.5 Å². The molecule has 0 aliphatic heterocycles. The van der Waals surface area contributed by atoms with Crippen LogP contribution in [0.15, 0.2) is 59.5 Å².